The van der Waals surface area contributed by atoms with Gasteiger partial charge in [-0.1, -0.05) is 12.5 Å². The number of carbonyl (C=O) groups is 2. The Kier molecular flexibility index (Phi) is 5.28. The molecular weight excluding hydrogens is 306 g/mol. The van der Waals surface area contributed by atoms with E-state index in [9.17, 15) is 19.7 Å². The SMILES string of the molecule is CCOC(=O)[C@]1([C@H](C[N+](=O)[O-])c2cccs2)CCCCC1=O. The molecule has 0 N–H and O–H groups in total. The van der Waals surface area contributed by atoms with E-state index in [0.29, 0.717) is 17.7 Å². The van der Waals surface area contributed by atoms with E-state index in [4.69, 9.17) is 4.74 Å². The van der Waals surface area contributed by atoms with Gasteiger partial charge in [0.2, 0.25) is 6.54 Å². The Morgan fingerprint density at radius 2 is 2.32 bits per heavy atom. The zero-order chi connectivity index (χ0) is 16.2. The van der Waals surface area contributed by atoms with Crippen LogP contribution in [0.2, 0.25) is 0 Å². The number of hydrogen-bond donors (Lipinski definition) is 0. The fourth-order valence-electron chi connectivity index (χ4n) is 3.17. The van der Waals surface area contributed by atoms with E-state index in [2.05, 4.69) is 0 Å². The van der Waals surface area contributed by atoms with E-state index >= 15 is 0 Å². The van der Waals surface area contributed by atoms with Crippen molar-refractivity contribution in [2.24, 2.45) is 5.41 Å². The summed E-state index contributed by atoms with van der Waals surface area (Å²) in [4.78, 5) is 36.6. The van der Waals surface area contributed by atoms with Crippen molar-refractivity contribution in [3.8, 4) is 0 Å². The molecule has 0 amide bonds. The summed E-state index contributed by atoms with van der Waals surface area (Å²) in [5.41, 5.74) is -1.41. The summed E-state index contributed by atoms with van der Waals surface area (Å²) in [6, 6.07) is 3.53. The van der Waals surface area contributed by atoms with Gasteiger partial charge in [-0.25, -0.2) is 0 Å². The molecule has 120 valence electrons. The van der Waals surface area contributed by atoms with E-state index < -0.39 is 28.8 Å². The maximum Gasteiger partial charge on any atom is 0.320 e. The van der Waals surface area contributed by atoms with Crippen molar-refractivity contribution in [1.82, 2.24) is 0 Å². The Balaban J connectivity index is 2.50. The van der Waals surface area contributed by atoms with Gasteiger partial charge in [0.1, 0.15) is 5.41 Å². The molecule has 6 nitrogen and oxygen atoms in total. The van der Waals surface area contributed by atoms with Crippen LogP contribution in [0.5, 0.6) is 0 Å². The summed E-state index contributed by atoms with van der Waals surface area (Å²) in [5.74, 6) is -1.59. The number of rotatable bonds is 6. The Hall–Kier alpha value is -1.76. The second-order valence-electron chi connectivity index (χ2n) is 5.41. The monoisotopic (exact) mass is 325 g/mol. The summed E-state index contributed by atoms with van der Waals surface area (Å²) in [6.07, 6.45) is 2.01. The number of nitro groups is 1. The quantitative estimate of drug-likeness (QED) is 0.347. The van der Waals surface area contributed by atoms with Crippen LogP contribution in [0.15, 0.2) is 17.5 Å². The lowest BCUT2D eigenvalue weighted by molar-refractivity contribution is -0.485. The Morgan fingerprint density at radius 3 is 2.86 bits per heavy atom. The highest BCUT2D eigenvalue weighted by Gasteiger charge is 2.56. The van der Waals surface area contributed by atoms with Crippen LogP contribution in [-0.4, -0.2) is 29.8 Å². The maximum atomic E-state index is 12.6. The van der Waals surface area contributed by atoms with E-state index in [1.807, 2.05) is 0 Å². The van der Waals surface area contributed by atoms with Gasteiger partial charge in [0.25, 0.3) is 0 Å². The number of Topliss-reactive ketones (excluding diaryl/α,β-unsaturated/α-hetero) is 1. The molecule has 1 aromatic rings. The fourth-order valence-corrected chi connectivity index (χ4v) is 4.08. The van der Waals surface area contributed by atoms with E-state index in [-0.39, 0.29) is 18.8 Å². The molecule has 1 heterocycles. The molecule has 0 unspecified atom stereocenters. The third-order valence-corrected chi connectivity index (χ3v) is 5.16. The molecule has 0 bridgehead atoms. The van der Waals surface area contributed by atoms with Gasteiger partial charge >= 0.3 is 5.97 Å². The molecule has 0 spiro atoms. The topological polar surface area (TPSA) is 86.5 Å². The third kappa shape index (κ3) is 3.04. The van der Waals surface area contributed by atoms with E-state index in [1.54, 1.807) is 24.4 Å². The summed E-state index contributed by atoms with van der Waals surface area (Å²) in [5, 5.41) is 12.9. The van der Waals surface area contributed by atoms with Crippen molar-refractivity contribution in [2.75, 3.05) is 13.2 Å². The smallest absolute Gasteiger partial charge is 0.320 e. The molecule has 1 aliphatic rings. The molecule has 1 fully saturated rings. The summed E-state index contributed by atoms with van der Waals surface area (Å²) in [7, 11) is 0. The molecule has 22 heavy (non-hydrogen) atoms. The Morgan fingerprint density at radius 1 is 1.55 bits per heavy atom. The average Bonchev–Trinajstić information content (AvgIpc) is 2.99. The first-order valence-corrected chi connectivity index (χ1v) is 8.26. The molecular formula is C15H19NO5S. The van der Waals surface area contributed by atoms with Crippen LogP contribution in [-0.2, 0) is 14.3 Å². The number of esters is 1. The lowest BCUT2D eigenvalue weighted by atomic mass is 9.64. The molecule has 1 aromatic heterocycles. The highest BCUT2D eigenvalue weighted by Crippen LogP contribution is 2.47. The fraction of sp³-hybridized carbons (Fsp3) is 0.600. The van der Waals surface area contributed by atoms with Crippen molar-refractivity contribution >= 4 is 23.1 Å². The average molecular weight is 325 g/mol. The number of hydrogen-bond acceptors (Lipinski definition) is 6. The molecule has 0 radical (unpaired) electrons. The predicted molar refractivity (Wildman–Crippen MR) is 81.5 cm³/mol. The van der Waals surface area contributed by atoms with Gasteiger partial charge in [0, 0.05) is 16.2 Å². The second-order valence-corrected chi connectivity index (χ2v) is 6.38. The van der Waals surface area contributed by atoms with Crippen molar-refractivity contribution in [3.63, 3.8) is 0 Å². The molecule has 1 aliphatic carbocycles. The van der Waals surface area contributed by atoms with Crippen LogP contribution in [0.1, 0.15) is 43.4 Å². The van der Waals surface area contributed by atoms with Crippen molar-refractivity contribution in [3.05, 3.63) is 32.5 Å². The highest BCUT2D eigenvalue weighted by molar-refractivity contribution is 7.10. The molecule has 0 aromatic carbocycles. The second kappa shape index (κ2) is 7.00. The molecule has 1 saturated carbocycles. The van der Waals surface area contributed by atoms with Gasteiger partial charge in [-0.2, -0.15) is 0 Å². The first kappa shape index (κ1) is 16.6. The Labute approximate surface area is 132 Å². The molecule has 2 atom stereocenters. The zero-order valence-electron chi connectivity index (χ0n) is 12.4. The van der Waals surface area contributed by atoms with Gasteiger partial charge in [-0.05, 0) is 31.2 Å². The lowest BCUT2D eigenvalue weighted by Gasteiger charge is -2.37. The number of nitrogens with zero attached hydrogens (tertiary/aromatic N) is 1. The standard InChI is InChI=1S/C15H19NO5S/c1-2-21-14(18)15(8-4-3-7-13(15)17)11(10-16(19)20)12-6-5-9-22-12/h5-6,9,11H,2-4,7-8,10H2,1H3/t11-,15+/m1/s1. The van der Waals surface area contributed by atoms with Crippen LogP contribution in [0.4, 0.5) is 0 Å². The number of ketones is 1. The van der Waals surface area contributed by atoms with Crippen LogP contribution in [0.3, 0.4) is 0 Å². The summed E-state index contributed by atoms with van der Waals surface area (Å²) in [6.45, 7) is 1.39. The molecule has 2 rings (SSSR count). The largest absolute Gasteiger partial charge is 0.465 e. The summed E-state index contributed by atoms with van der Waals surface area (Å²) >= 11 is 1.34. The van der Waals surface area contributed by atoms with Crippen molar-refractivity contribution in [1.29, 1.82) is 0 Å². The van der Waals surface area contributed by atoms with E-state index in [1.165, 1.54) is 11.3 Å². The van der Waals surface area contributed by atoms with Gasteiger partial charge in [0.15, 0.2) is 5.78 Å². The number of thiophene rings is 1. The normalized spacial score (nSPS) is 23.0. The first-order valence-electron chi connectivity index (χ1n) is 7.38. The van der Waals surface area contributed by atoms with Gasteiger partial charge in [-0.15, -0.1) is 11.3 Å². The predicted octanol–water partition coefficient (Wildman–Crippen LogP) is 2.80. The van der Waals surface area contributed by atoms with Gasteiger partial charge in [0.05, 0.1) is 12.5 Å². The first-order chi connectivity index (χ1) is 10.5. The zero-order valence-corrected chi connectivity index (χ0v) is 13.3. The number of ether oxygens (including phenoxy) is 1. The van der Waals surface area contributed by atoms with Crippen LogP contribution < -0.4 is 0 Å². The number of carbonyl (C=O) groups excluding carboxylic acids is 2. The molecule has 7 heteroatoms. The van der Waals surface area contributed by atoms with Crippen LogP contribution >= 0.6 is 11.3 Å². The maximum absolute atomic E-state index is 12.6. The van der Waals surface area contributed by atoms with Crippen LogP contribution in [0.25, 0.3) is 0 Å². The minimum absolute atomic E-state index is 0.156. The van der Waals surface area contributed by atoms with Gasteiger partial charge in [-0.3, -0.25) is 19.7 Å². The minimum Gasteiger partial charge on any atom is -0.465 e. The lowest BCUT2D eigenvalue weighted by Crippen LogP contribution is -2.49. The molecule has 0 saturated heterocycles. The third-order valence-electron chi connectivity index (χ3n) is 4.18. The van der Waals surface area contributed by atoms with Crippen molar-refractivity contribution in [2.45, 2.75) is 38.5 Å². The highest BCUT2D eigenvalue weighted by atomic mass is 32.1. The minimum atomic E-state index is -1.41. The van der Waals surface area contributed by atoms with Gasteiger partial charge < -0.3 is 4.74 Å². The van der Waals surface area contributed by atoms with E-state index in [0.717, 1.165) is 6.42 Å². The van der Waals surface area contributed by atoms with Crippen LogP contribution in [0, 0.1) is 15.5 Å². The summed E-state index contributed by atoms with van der Waals surface area (Å²) < 4.78 is 5.14. The Bertz CT molecular complexity index is 556. The molecule has 0 aliphatic heterocycles. The van der Waals surface area contributed by atoms with Crippen molar-refractivity contribution < 1.29 is 19.2 Å².